The van der Waals surface area contributed by atoms with E-state index in [9.17, 15) is 19.8 Å². The average Bonchev–Trinajstić information content (AvgIpc) is 3.40. The molecule has 0 aromatic heterocycles. The third-order valence-electron chi connectivity index (χ3n) is 6.71. The molecule has 2 aromatic carbocycles. The summed E-state index contributed by atoms with van der Waals surface area (Å²) in [6, 6.07) is 3.47. The second-order valence-electron chi connectivity index (χ2n) is 12.3. The van der Waals surface area contributed by atoms with Crippen LogP contribution >= 0.6 is 11.6 Å². The van der Waals surface area contributed by atoms with Crippen molar-refractivity contribution in [2.45, 2.75) is 78.4 Å². The number of phenolic OH excluding ortho intramolecular Hbond substituents is 2. The van der Waals surface area contributed by atoms with Gasteiger partial charge in [0.2, 0.25) is 0 Å². The lowest BCUT2D eigenvalue weighted by Gasteiger charge is -2.18. The van der Waals surface area contributed by atoms with Crippen molar-refractivity contribution in [3.63, 3.8) is 0 Å². The number of benzene rings is 2. The monoisotopic (exact) mass is 594 g/mol. The number of hydrogen-bond donors (Lipinski definition) is 2. The lowest BCUT2D eigenvalue weighted by molar-refractivity contribution is 0.0523. The van der Waals surface area contributed by atoms with Crippen LogP contribution < -0.4 is 9.47 Å². The molecule has 4 rings (SSSR count). The maximum absolute atomic E-state index is 11.8. The van der Waals surface area contributed by atoms with E-state index in [2.05, 4.69) is 39.3 Å². The highest BCUT2D eigenvalue weighted by Gasteiger charge is 2.33. The van der Waals surface area contributed by atoms with Gasteiger partial charge in [-0.15, -0.1) is 0 Å². The minimum absolute atomic E-state index is 0.0354. The minimum Gasteiger partial charge on any atom is -0.508 e. The molecule has 0 spiro atoms. The Bertz CT molecular complexity index is 1280. The molecule has 8 nitrogen and oxygen atoms in total. The largest absolute Gasteiger partial charge is 0.508 e. The van der Waals surface area contributed by atoms with Crippen molar-refractivity contribution in [3.8, 4) is 23.0 Å². The molecular formula is C28H39ClO8Si2. The first-order chi connectivity index (χ1) is 18.0. The second-order valence-corrected chi connectivity index (χ2v) is 23.9. The number of rotatable bonds is 8. The number of cyclic esters (lactones) is 2. The van der Waals surface area contributed by atoms with Gasteiger partial charge in [0.15, 0.2) is 5.75 Å². The van der Waals surface area contributed by atoms with E-state index in [4.69, 9.17) is 30.5 Å². The average molecular weight is 595 g/mol. The van der Waals surface area contributed by atoms with Crippen molar-refractivity contribution >= 4 is 39.7 Å². The first kappa shape index (κ1) is 30.8. The fourth-order valence-corrected chi connectivity index (χ4v) is 5.76. The van der Waals surface area contributed by atoms with Crippen LogP contribution in [0.1, 0.15) is 43.0 Å². The lowest BCUT2D eigenvalue weighted by Crippen LogP contribution is -2.22. The molecule has 2 aliphatic rings. The van der Waals surface area contributed by atoms with E-state index in [0.717, 1.165) is 17.7 Å². The zero-order valence-electron chi connectivity index (χ0n) is 24.0. The minimum atomic E-state index is -1.24. The van der Waals surface area contributed by atoms with Crippen molar-refractivity contribution in [3.05, 3.63) is 44.5 Å². The van der Waals surface area contributed by atoms with Gasteiger partial charge in [-0.2, -0.15) is 0 Å². The van der Waals surface area contributed by atoms with Gasteiger partial charge in [-0.25, -0.2) is 9.59 Å². The number of esters is 2. The molecule has 0 fully saturated rings. The molecule has 2 aliphatic heterocycles. The summed E-state index contributed by atoms with van der Waals surface area (Å²) in [4.78, 5) is 23.6. The standard InChI is InChI=1S/C14H19ClO4Si.C14H20O4Si/c1-8-9-7-19-14(17)10(9)13(11(15)12(8)16)18-5-6-20(2,3)4;1-9-10-8-18-14(16)13(10)12(7-11(9)15)17-5-6-19(2,3)4/h16H,5-7H2,1-4H3;7,15H,5-6,8H2,1-4H3. The van der Waals surface area contributed by atoms with Crippen LogP contribution in [0, 0.1) is 13.8 Å². The third kappa shape index (κ3) is 7.29. The Kier molecular flexibility index (Phi) is 9.34. The predicted octanol–water partition coefficient (Wildman–Crippen LogP) is 6.83. The molecule has 0 saturated carbocycles. The maximum atomic E-state index is 11.8. The van der Waals surface area contributed by atoms with E-state index in [1.165, 1.54) is 6.07 Å². The summed E-state index contributed by atoms with van der Waals surface area (Å²) < 4.78 is 21.5. The van der Waals surface area contributed by atoms with E-state index in [1.54, 1.807) is 13.8 Å². The highest BCUT2D eigenvalue weighted by Crippen LogP contribution is 2.45. The van der Waals surface area contributed by atoms with Crippen molar-refractivity contribution in [2.75, 3.05) is 13.2 Å². The van der Waals surface area contributed by atoms with Crippen molar-refractivity contribution in [2.24, 2.45) is 0 Å². The lowest BCUT2D eigenvalue weighted by atomic mass is 10.0. The number of aromatic hydroxyl groups is 2. The SMILES string of the molecule is Cc1c(O)c(Cl)c(OCC[Si](C)(C)C)c2c1COC2=O.Cc1c(O)cc(OCC[Si](C)(C)C)c2c1COC2=O. The topological polar surface area (TPSA) is 112 Å². The molecule has 39 heavy (non-hydrogen) atoms. The Hall–Kier alpha value is -2.70. The number of hydrogen-bond acceptors (Lipinski definition) is 8. The molecule has 2 heterocycles. The summed E-state index contributed by atoms with van der Waals surface area (Å²) >= 11 is 6.13. The van der Waals surface area contributed by atoms with Crippen LogP contribution in [-0.4, -0.2) is 51.5 Å². The molecule has 2 N–H and O–H groups in total. The maximum Gasteiger partial charge on any atom is 0.342 e. The first-order valence-corrected chi connectivity index (χ1v) is 20.8. The molecule has 214 valence electrons. The van der Waals surface area contributed by atoms with E-state index in [1.807, 2.05) is 0 Å². The Labute approximate surface area is 237 Å². The summed E-state index contributed by atoms with van der Waals surface area (Å²) in [5.74, 6) is 0.0187. The molecule has 2 aromatic rings. The van der Waals surface area contributed by atoms with Crippen LogP contribution in [-0.2, 0) is 22.7 Å². The zero-order valence-corrected chi connectivity index (χ0v) is 26.8. The number of carbonyl (C=O) groups is 2. The Balaban J connectivity index is 0.000000216. The molecule has 0 atom stereocenters. The number of phenols is 2. The molecule has 11 heteroatoms. The molecule has 0 amide bonds. The molecule has 0 bridgehead atoms. The summed E-state index contributed by atoms with van der Waals surface area (Å²) in [6.07, 6.45) is 0. The number of halogens is 1. The summed E-state index contributed by atoms with van der Waals surface area (Å²) in [5, 5.41) is 20.0. The molecule has 0 aliphatic carbocycles. The third-order valence-corrected chi connectivity index (χ3v) is 10.5. The van der Waals surface area contributed by atoms with E-state index in [0.29, 0.717) is 46.8 Å². The molecule has 0 unspecified atom stereocenters. The van der Waals surface area contributed by atoms with Crippen LogP contribution in [0.25, 0.3) is 0 Å². The summed E-state index contributed by atoms with van der Waals surface area (Å²) in [5.41, 5.74) is 3.52. The van der Waals surface area contributed by atoms with Gasteiger partial charge in [-0.05, 0) is 31.5 Å². The number of ether oxygens (including phenoxy) is 4. The van der Waals surface area contributed by atoms with Gasteiger partial charge < -0.3 is 29.2 Å². The number of carbonyl (C=O) groups excluding carboxylic acids is 2. The fourth-order valence-electron chi connectivity index (χ4n) is 4.04. The predicted molar refractivity (Wildman–Crippen MR) is 156 cm³/mol. The summed E-state index contributed by atoms with van der Waals surface area (Å²) in [7, 11) is -2.42. The normalized spacial score (nSPS) is 14.2. The summed E-state index contributed by atoms with van der Waals surface area (Å²) in [6.45, 7) is 18.4. The van der Waals surface area contributed by atoms with Crippen molar-refractivity contribution in [1.82, 2.24) is 0 Å². The fraction of sp³-hybridized carbons (Fsp3) is 0.500. The van der Waals surface area contributed by atoms with Crippen LogP contribution in [0.4, 0.5) is 0 Å². The Morgan fingerprint density at radius 2 is 1.31 bits per heavy atom. The molecular weight excluding hydrogens is 556 g/mol. The number of fused-ring (bicyclic) bond motifs is 2. The van der Waals surface area contributed by atoms with Crippen molar-refractivity contribution in [1.29, 1.82) is 0 Å². The highest BCUT2D eigenvalue weighted by molar-refractivity contribution is 6.76. The zero-order chi connectivity index (χ0) is 29.3. The Morgan fingerprint density at radius 1 is 0.821 bits per heavy atom. The van der Waals surface area contributed by atoms with E-state index in [-0.39, 0.29) is 41.5 Å². The molecule has 0 radical (unpaired) electrons. The second kappa shape index (κ2) is 11.8. The Morgan fingerprint density at radius 3 is 1.85 bits per heavy atom. The first-order valence-electron chi connectivity index (χ1n) is 13.0. The van der Waals surface area contributed by atoms with Crippen LogP contribution in [0.2, 0.25) is 56.4 Å². The van der Waals surface area contributed by atoms with E-state index >= 15 is 0 Å². The van der Waals surface area contributed by atoms with Gasteiger partial charge in [0, 0.05) is 38.9 Å². The van der Waals surface area contributed by atoms with Crippen LogP contribution in [0.15, 0.2) is 6.07 Å². The molecule has 0 saturated heterocycles. The van der Waals surface area contributed by atoms with Crippen molar-refractivity contribution < 1.29 is 38.7 Å². The van der Waals surface area contributed by atoms with Gasteiger partial charge in [0.1, 0.15) is 46.6 Å². The van der Waals surface area contributed by atoms with Gasteiger partial charge in [-0.1, -0.05) is 50.9 Å². The van der Waals surface area contributed by atoms with Gasteiger partial charge in [0.05, 0.1) is 13.2 Å². The van der Waals surface area contributed by atoms with Crippen LogP contribution in [0.5, 0.6) is 23.0 Å². The van der Waals surface area contributed by atoms with Gasteiger partial charge >= 0.3 is 11.9 Å². The quantitative estimate of drug-likeness (QED) is 0.253. The smallest absolute Gasteiger partial charge is 0.342 e. The van der Waals surface area contributed by atoms with Crippen LogP contribution in [0.3, 0.4) is 0 Å². The highest BCUT2D eigenvalue weighted by atomic mass is 35.5. The van der Waals surface area contributed by atoms with Gasteiger partial charge in [0.25, 0.3) is 0 Å². The van der Waals surface area contributed by atoms with Gasteiger partial charge in [-0.3, -0.25) is 0 Å². The van der Waals surface area contributed by atoms with E-state index < -0.39 is 22.1 Å².